The van der Waals surface area contributed by atoms with Gasteiger partial charge in [0.05, 0.1) is 15.7 Å². The van der Waals surface area contributed by atoms with Crippen molar-refractivity contribution in [2.75, 3.05) is 4.90 Å². The first-order valence-corrected chi connectivity index (χ1v) is 11.7. The quantitative estimate of drug-likeness (QED) is 0.217. The number of carbonyl (C=O) groups is 2. The minimum atomic E-state index is -0.645. The highest BCUT2D eigenvalue weighted by atomic mass is 35.5. The average Bonchev–Trinajstić information content (AvgIpc) is 2.79. The van der Waals surface area contributed by atoms with Crippen LogP contribution in [0, 0.1) is 0 Å². The van der Waals surface area contributed by atoms with E-state index in [0.29, 0.717) is 21.4 Å². The molecular formula is C24H14Cl4N2O3S. The monoisotopic (exact) mass is 550 g/mol. The third kappa shape index (κ3) is 5.06. The molecule has 3 aromatic rings. The summed E-state index contributed by atoms with van der Waals surface area (Å²) in [5.74, 6) is -0.837. The number of halogens is 4. The zero-order chi connectivity index (χ0) is 24.4. The number of thiocarbonyl (C=S) groups is 1. The van der Waals surface area contributed by atoms with Crippen molar-refractivity contribution in [2.24, 2.45) is 0 Å². The summed E-state index contributed by atoms with van der Waals surface area (Å²) in [6.45, 7) is 0.157. The molecule has 1 N–H and O–H groups in total. The summed E-state index contributed by atoms with van der Waals surface area (Å²) in [6, 6.07) is 16.9. The molecule has 4 rings (SSSR count). The lowest BCUT2D eigenvalue weighted by atomic mass is 10.1. The van der Waals surface area contributed by atoms with Crippen LogP contribution in [0.1, 0.15) is 11.1 Å². The van der Waals surface area contributed by atoms with Gasteiger partial charge in [-0.15, -0.1) is 0 Å². The standard InChI is InChI=1S/C24H14Cl4N2O3S/c25-15-9-8-14(18(27)11-15)12-33-20-7-2-1-4-13(20)10-16-22(31)29-24(34)30(23(16)32)19-6-3-5-17(26)21(19)28/h1-11H,12H2,(H,29,31,34)/b16-10+. The zero-order valence-corrected chi connectivity index (χ0v) is 21.0. The average molecular weight is 552 g/mol. The van der Waals surface area contributed by atoms with Crippen molar-refractivity contribution in [2.45, 2.75) is 6.61 Å². The number of ether oxygens (including phenoxy) is 1. The molecule has 0 aromatic heterocycles. The molecule has 3 aromatic carbocycles. The number of amides is 2. The van der Waals surface area contributed by atoms with Crippen LogP contribution < -0.4 is 15.0 Å². The number of anilines is 1. The lowest BCUT2D eigenvalue weighted by molar-refractivity contribution is -0.122. The fourth-order valence-electron chi connectivity index (χ4n) is 3.22. The van der Waals surface area contributed by atoms with Gasteiger partial charge in [0.2, 0.25) is 0 Å². The van der Waals surface area contributed by atoms with E-state index in [1.165, 1.54) is 6.08 Å². The van der Waals surface area contributed by atoms with Crippen LogP contribution in [-0.2, 0) is 16.2 Å². The Morgan fingerprint density at radius 3 is 2.47 bits per heavy atom. The predicted molar refractivity (Wildman–Crippen MR) is 140 cm³/mol. The maximum absolute atomic E-state index is 13.3. The molecule has 5 nitrogen and oxygen atoms in total. The summed E-state index contributed by atoms with van der Waals surface area (Å²) >= 11 is 29.8. The number of benzene rings is 3. The van der Waals surface area contributed by atoms with Gasteiger partial charge < -0.3 is 4.74 Å². The topological polar surface area (TPSA) is 58.6 Å². The number of carbonyl (C=O) groups excluding carboxylic acids is 2. The van der Waals surface area contributed by atoms with E-state index >= 15 is 0 Å². The van der Waals surface area contributed by atoms with Crippen molar-refractivity contribution in [3.8, 4) is 5.75 Å². The van der Waals surface area contributed by atoms with E-state index < -0.39 is 11.8 Å². The summed E-state index contributed by atoms with van der Waals surface area (Å²) in [5.41, 5.74) is 1.35. The summed E-state index contributed by atoms with van der Waals surface area (Å²) in [4.78, 5) is 27.1. The van der Waals surface area contributed by atoms with E-state index in [1.807, 2.05) is 0 Å². The van der Waals surface area contributed by atoms with Gasteiger partial charge in [-0.05, 0) is 48.6 Å². The van der Waals surface area contributed by atoms with E-state index in [1.54, 1.807) is 60.7 Å². The minimum Gasteiger partial charge on any atom is -0.488 e. The molecule has 1 aliphatic heterocycles. The zero-order valence-electron chi connectivity index (χ0n) is 17.2. The Morgan fingerprint density at radius 2 is 1.71 bits per heavy atom. The van der Waals surface area contributed by atoms with Gasteiger partial charge in [0.1, 0.15) is 17.9 Å². The molecule has 0 unspecified atom stereocenters. The van der Waals surface area contributed by atoms with E-state index in [9.17, 15) is 9.59 Å². The number of rotatable bonds is 5. The highest BCUT2D eigenvalue weighted by Crippen LogP contribution is 2.35. The highest BCUT2D eigenvalue weighted by Gasteiger charge is 2.35. The largest absolute Gasteiger partial charge is 0.488 e. The number of nitrogens with one attached hydrogen (secondary N) is 1. The van der Waals surface area contributed by atoms with E-state index in [2.05, 4.69) is 5.32 Å². The fourth-order valence-corrected chi connectivity index (χ4v) is 4.34. The van der Waals surface area contributed by atoms with E-state index in [0.717, 1.165) is 10.5 Å². The van der Waals surface area contributed by atoms with Crippen molar-refractivity contribution >= 4 is 87.3 Å². The van der Waals surface area contributed by atoms with Gasteiger partial charge in [-0.2, -0.15) is 0 Å². The van der Waals surface area contributed by atoms with Crippen molar-refractivity contribution in [3.63, 3.8) is 0 Å². The molecule has 1 heterocycles. The van der Waals surface area contributed by atoms with Crippen LogP contribution in [0.2, 0.25) is 20.1 Å². The Labute approximate surface area is 220 Å². The molecule has 1 fully saturated rings. The molecule has 0 spiro atoms. The van der Waals surface area contributed by atoms with Crippen molar-refractivity contribution < 1.29 is 14.3 Å². The molecule has 2 amide bonds. The SMILES string of the molecule is O=C1NC(=S)N(c2cccc(Cl)c2Cl)C(=O)/C1=C/c1ccccc1OCc1ccc(Cl)cc1Cl. The van der Waals surface area contributed by atoms with Crippen LogP contribution in [0.5, 0.6) is 5.75 Å². The number of hydrogen-bond donors (Lipinski definition) is 1. The van der Waals surface area contributed by atoms with Crippen molar-refractivity contribution in [3.05, 3.63) is 97.5 Å². The third-order valence-corrected chi connectivity index (χ3v) is 6.57. The van der Waals surface area contributed by atoms with Crippen LogP contribution in [0.3, 0.4) is 0 Å². The van der Waals surface area contributed by atoms with Crippen LogP contribution in [0.4, 0.5) is 5.69 Å². The van der Waals surface area contributed by atoms with Crippen molar-refractivity contribution in [1.29, 1.82) is 0 Å². The van der Waals surface area contributed by atoms with Crippen LogP contribution >= 0.6 is 58.6 Å². The first-order valence-electron chi connectivity index (χ1n) is 9.77. The third-order valence-electron chi connectivity index (χ3n) is 4.89. The second kappa shape index (κ2) is 10.3. The van der Waals surface area contributed by atoms with Crippen LogP contribution in [0.25, 0.3) is 6.08 Å². The first-order chi connectivity index (χ1) is 16.3. The second-order valence-corrected chi connectivity index (χ2v) is 9.11. The molecule has 0 bridgehead atoms. The summed E-state index contributed by atoms with van der Waals surface area (Å²) in [5, 5.41) is 3.79. The van der Waals surface area contributed by atoms with Gasteiger partial charge in [-0.25, -0.2) is 0 Å². The molecule has 0 aliphatic carbocycles. The normalized spacial score (nSPS) is 15.0. The van der Waals surface area contributed by atoms with Crippen LogP contribution in [-0.4, -0.2) is 16.9 Å². The molecule has 1 aliphatic rings. The van der Waals surface area contributed by atoms with Crippen molar-refractivity contribution in [1.82, 2.24) is 5.32 Å². The highest BCUT2D eigenvalue weighted by molar-refractivity contribution is 7.80. The predicted octanol–water partition coefficient (Wildman–Crippen LogP) is 6.71. The van der Waals surface area contributed by atoms with E-state index in [-0.39, 0.29) is 33.0 Å². The fraction of sp³-hybridized carbons (Fsp3) is 0.0417. The summed E-state index contributed by atoms with van der Waals surface area (Å²) in [6.07, 6.45) is 1.43. The lowest BCUT2D eigenvalue weighted by Crippen LogP contribution is -2.54. The molecule has 0 saturated carbocycles. The number of nitrogens with zero attached hydrogens (tertiary/aromatic N) is 1. The van der Waals surface area contributed by atoms with Gasteiger partial charge in [0.15, 0.2) is 5.11 Å². The van der Waals surface area contributed by atoms with Gasteiger partial charge >= 0.3 is 0 Å². The lowest BCUT2D eigenvalue weighted by Gasteiger charge is -2.29. The van der Waals surface area contributed by atoms with Gasteiger partial charge in [-0.1, -0.05) is 76.7 Å². The number of hydrogen-bond acceptors (Lipinski definition) is 4. The summed E-state index contributed by atoms with van der Waals surface area (Å²) in [7, 11) is 0. The molecule has 10 heteroatoms. The summed E-state index contributed by atoms with van der Waals surface area (Å²) < 4.78 is 5.93. The van der Waals surface area contributed by atoms with Gasteiger partial charge in [0.25, 0.3) is 11.8 Å². The Morgan fingerprint density at radius 1 is 0.941 bits per heavy atom. The maximum Gasteiger partial charge on any atom is 0.270 e. The molecule has 172 valence electrons. The van der Waals surface area contributed by atoms with Crippen LogP contribution in [0.15, 0.2) is 66.2 Å². The second-order valence-electron chi connectivity index (χ2n) is 7.09. The van der Waals surface area contributed by atoms with Gasteiger partial charge in [0, 0.05) is 21.2 Å². The molecule has 0 atom stereocenters. The Kier molecular flexibility index (Phi) is 7.45. The van der Waals surface area contributed by atoms with Gasteiger partial charge in [-0.3, -0.25) is 19.8 Å². The Hall–Kier alpha value is -2.61. The molecular weight excluding hydrogens is 538 g/mol. The Balaban J connectivity index is 1.66. The van der Waals surface area contributed by atoms with E-state index in [4.69, 9.17) is 63.4 Å². The minimum absolute atomic E-state index is 0.0989. The molecule has 1 saturated heterocycles. The molecule has 34 heavy (non-hydrogen) atoms. The first kappa shape index (κ1) is 24.5. The Bertz CT molecular complexity index is 1360. The number of para-hydroxylation sites is 1. The maximum atomic E-state index is 13.3. The molecule has 0 radical (unpaired) electrons. The smallest absolute Gasteiger partial charge is 0.270 e.